The molecule has 56 heavy (non-hydrogen) atoms. The van der Waals surface area contributed by atoms with E-state index in [1.54, 1.807) is 0 Å². The highest BCUT2D eigenvalue weighted by atomic mass is 31.2. The van der Waals surface area contributed by atoms with Gasteiger partial charge in [0.05, 0.1) is 19.8 Å². The molecule has 3 N–H and O–H groups in total. The van der Waals surface area contributed by atoms with E-state index in [9.17, 15) is 24.2 Å². The van der Waals surface area contributed by atoms with E-state index in [4.69, 9.17) is 19.1 Å². The van der Waals surface area contributed by atoms with E-state index in [1.807, 2.05) is 0 Å². The second kappa shape index (κ2) is 41.6. The minimum Gasteiger partial charge on any atom is -0.462 e. The van der Waals surface area contributed by atoms with Crippen molar-refractivity contribution in [2.45, 2.75) is 225 Å². The normalized spacial score (nSPS) is 14.0. The second-order valence-corrected chi connectivity index (χ2v) is 16.9. The zero-order chi connectivity index (χ0) is 41.2. The fourth-order valence-corrected chi connectivity index (χ4v) is 7.12. The SMILES string of the molecule is CCC/C=C\C/C=C\CCCCCCCC(=O)OC(COC(=O)CCCCCCCCCCCCCCCCCCCCCC)COP(=O)(O)OCC(O)CO. The van der Waals surface area contributed by atoms with Gasteiger partial charge in [-0.05, 0) is 38.5 Å². The van der Waals surface area contributed by atoms with Gasteiger partial charge in [-0.25, -0.2) is 4.57 Å². The fraction of sp³-hybridized carbons (Fsp3) is 0.867. The van der Waals surface area contributed by atoms with Gasteiger partial charge in [-0.15, -0.1) is 0 Å². The van der Waals surface area contributed by atoms with Crippen molar-refractivity contribution in [1.82, 2.24) is 0 Å². The van der Waals surface area contributed by atoms with Crippen molar-refractivity contribution >= 4 is 19.8 Å². The van der Waals surface area contributed by atoms with Gasteiger partial charge < -0.3 is 24.6 Å². The molecule has 0 aliphatic heterocycles. The molecule has 0 saturated carbocycles. The number of esters is 2. The molecular weight excluding hydrogens is 731 g/mol. The van der Waals surface area contributed by atoms with Gasteiger partial charge in [0.2, 0.25) is 0 Å². The van der Waals surface area contributed by atoms with E-state index in [0.29, 0.717) is 12.8 Å². The van der Waals surface area contributed by atoms with Crippen LogP contribution >= 0.6 is 7.82 Å². The summed E-state index contributed by atoms with van der Waals surface area (Å²) >= 11 is 0. The number of ether oxygens (including phenoxy) is 2. The third kappa shape index (κ3) is 40.6. The number of rotatable bonds is 43. The summed E-state index contributed by atoms with van der Waals surface area (Å²) in [5, 5.41) is 18.3. The predicted molar refractivity (Wildman–Crippen MR) is 228 cm³/mol. The number of carbonyl (C=O) groups excluding carboxylic acids is 2. The van der Waals surface area contributed by atoms with Crippen molar-refractivity contribution in [2.24, 2.45) is 0 Å². The summed E-state index contributed by atoms with van der Waals surface area (Å²) in [4.78, 5) is 35.0. The molecule has 0 aromatic heterocycles. The van der Waals surface area contributed by atoms with Gasteiger partial charge in [-0.3, -0.25) is 18.6 Å². The number of phosphoric acid groups is 1. The molecule has 0 bridgehead atoms. The minimum absolute atomic E-state index is 0.170. The Hall–Kier alpha value is -1.55. The largest absolute Gasteiger partial charge is 0.472 e. The molecule has 0 fully saturated rings. The highest BCUT2D eigenvalue weighted by Gasteiger charge is 2.27. The maximum absolute atomic E-state index is 12.6. The van der Waals surface area contributed by atoms with E-state index in [1.165, 1.54) is 109 Å². The first-order valence-corrected chi connectivity index (χ1v) is 24.3. The third-order valence-corrected chi connectivity index (χ3v) is 10.8. The molecule has 0 heterocycles. The smallest absolute Gasteiger partial charge is 0.462 e. The predicted octanol–water partition coefficient (Wildman–Crippen LogP) is 12.2. The van der Waals surface area contributed by atoms with Crippen LogP contribution < -0.4 is 0 Å². The molecule has 0 spiro atoms. The summed E-state index contributed by atoms with van der Waals surface area (Å²) in [5.41, 5.74) is 0. The molecule has 0 aromatic carbocycles. The van der Waals surface area contributed by atoms with E-state index in [2.05, 4.69) is 42.7 Å². The molecule has 0 aliphatic rings. The lowest BCUT2D eigenvalue weighted by Crippen LogP contribution is -2.29. The summed E-state index contributed by atoms with van der Waals surface area (Å²) in [5.74, 6) is -0.932. The highest BCUT2D eigenvalue weighted by Crippen LogP contribution is 2.43. The van der Waals surface area contributed by atoms with Crippen molar-refractivity contribution in [2.75, 3.05) is 26.4 Å². The molecule has 0 saturated heterocycles. The molecule has 0 aliphatic carbocycles. The van der Waals surface area contributed by atoms with Crippen LogP contribution in [0.25, 0.3) is 0 Å². The zero-order valence-corrected chi connectivity index (χ0v) is 36.8. The highest BCUT2D eigenvalue weighted by molar-refractivity contribution is 7.47. The van der Waals surface area contributed by atoms with Gasteiger partial charge in [0, 0.05) is 12.8 Å². The van der Waals surface area contributed by atoms with Crippen LogP contribution in [0.1, 0.15) is 213 Å². The van der Waals surface area contributed by atoms with Crippen LogP contribution in [0.2, 0.25) is 0 Å². The van der Waals surface area contributed by atoms with Crippen LogP contribution in [0.3, 0.4) is 0 Å². The van der Waals surface area contributed by atoms with E-state index < -0.39 is 51.8 Å². The number of allylic oxidation sites excluding steroid dienone is 4. The minimum atomic E-state index is -4.62. The van der Waals surface area contributed by atoms with Crippen LogP contribution in [0, 0.1) is 0 Å². The Labute approximate surface area is 342 Å². The molecule has 11 heteroatoms. The molecule has 0 amide bonds. The van der Waals surface area contributed by atoms with E-state index in [0.717, 1.165) is 64.2 Å². The topological polar surface area (TPSA) is 149 Å². The number of aliphatic hydroxyl groups excluding tert-OH is 2. The number of aliphatic hydroxyl groups is 2. The van der Waals surface area contributed by atoms with Crippen LogP contribution in [0.4, 0.5) is 0 Å². The molecule has 3 unspecified atom stereocenters. The molecule has 3 atom stereocenters. The lowest BCUT2D eigenvalue weighted by molar-refractivity contribution is -0.161. The van der Waals surface area contributed by atoms with Crippen LogP contribution in [0.5, 0.6) is 0 Å². The Morgan fingerprint density at radius 1 is 0.536 bits per heavy atom. The van der Waals surface area contributed by atoms with Crippen LogP contribution in [0.15, 0.2) is 24.3 Å². The lowest BCUT2D eigenvalue weighted by Gasteiger charge is -2.20. The summed E-state index contributed by atoms with van der Waals surface area (Å²) in [7, 11) is -4.62. The van der Waals surface area contributed by atoms with Crippen molar-refractivity contribution in [3.63, 3.8) is 0 Å². The Kier molecular flexibility index (Phi) is 40.5. The molecular formula is C45H85O10P. The standard InChI is InChI=1S/C45H85O10P/c1-3-5-7-9-11-13-15-17-18-19-20-21-22-23-25-26-28-30-32-34-36-44(48)52-40-43(41-54-56(50,51)53-39-42(47)38-46)55-45(49)37-35-33-31-29-27-24-16-14-12-10-8-6-4-2/h8,10,14,16,42-43,46-47H,3-7,9,11-13,15,17-41H2,1-2H3,(H,50,51)/b10-8-,16-14-. The van der Waals surface area contributed by atoms with E-state index >= 15 is 0 Å². The maximum Gasteiger partial charge on any atom is 0.472 e. The summed E-state index contributed by atoms with van der Waals surface area (Å²) in [6.45, 7) is 2.32. The Balaban J connectivity index is 4.19. The third-order valence-electron chi connectivity index (χ3n) is 9.84. The number of carbonyl (C=O) groups is 2. The zero-order valence-electron chi connectivity index (χ0n) is 35.9. The van der Waals surface area contributed by atoms with Crippen molar-refractivity contribution in [1.29, 1.82) is 0 Å². The maximum atomic E-state index is 12.6. The fourth-order valence-electron chi connectivity index (χ4n) is 6.33. The quantitative estimate of drug-likeness (QED) is 0.0235. The van der Waals surface area contributed by atoms with Gasteiger partial charge >= 0.3 is 19.8 Å². The van der Waals surface area contributed by atoms with Crippen molar-refractivity contribution in [3.05, 3.63) is 24.3 Å². The van der Waals surface area contributed by atoms with Crippen molar-refractivity contribution < 1.29 is 47.8 Å². The summed E-state index contributed by atoms with van der Waals surface area (Å²) < 4.78 is 32.7. The van der Waals surface area contributed by atoms with Gasteiger partial charge in [0.25, 0.3) is 0 Å². The van der Waals surface area contributed by atoms with Crippen LogP contribution in [-0.4, -0.2) is 65.7 Å². The average molecular weight is 817 g/mol. The van der Waals surface area contributed by atoms with Gasteiger partial charge in [-0.2, -0.15) is 0 Å². The van der Waals surface area contributed by atoms with Gasteiger partial charge in [0.1, 0.15) is 12.7 Å². The van der Waals surface area contributed by atoms with Gasteiger partial charge in [0.15, 0.2) is 6.10 Å². The monoisotopic (exact) mass is 817 g/mol. The molecule has 0 radical (unpaired) electrons. The Morgan fingerprint density at radius 3 is 1.45 bits per heavy atom. The number of hydrogen-bond acceptors (Lipinski definition) is 9. The molecule has 0 rings (SSSR count). The van der Waals surface area contributed by atoms with E-state index in [-0.39, 0.29) is 19.4 Å². The van der Waals surface area contributed by atoms with Crippen LogP contribution in [-0.2, 0) is 32.7 Å². The van der Waals surface area contributed by atoms with Crippen molar-refractivity contribution in [3.8, 4) is 0 Å². The second-order valence-electron chi connectivity index (χ2n) is 15.4. The number of hydrogen-bond donors (Lipinski definition) is 3. The van der Waals surface area contributed by atoms with Gasteiger partial charge in [-0.1, -0.05) is 186 Å². The Bertz CT molecular complexity index is 988. The lowest BCUT2D eigenvalue weighted by atomic mass is 10.0. The Morgan fingerprint density at radius 2 is 0.964 bits per heavy atom. The number of phosphoric ester groups is 1. The average Bonchev–Trinajstić information content (AvgIpc) is 3.19. The summed E-state index contributed by atoms with van der Waals surface area (Å²) in [6, 6.07) is 0. The first-order valence-electron chi connectivity index (χ1n) is 22.8. The molecule has 0 aromatic rings. The first-order chi connectivity index (χ1) is 27.2. The number of unbranched alkanes of at least 4 members (excludes halogenated alkanes) is 25. The molecule has 10 nitrogen and oxygen atoms in total. The molecule has 330 valence electrons. The first kappa shape index (κ1) is 54.5. The summed E-state index contributed by atoms with van der Waals surface area (Å²) in [6.07, 6.45) is 41.5.